The highest BCUT2D eigenvalue weighted by Crippen LogP contribution is 2.36. The SMILES string of the molecule is Cn1nnc(Br)c1C(O)c1cc2c(s1)CCCCC2. The van der Waals surface area contributed by atoms with Crippen LogP contribution in [-0.4, -0.2) is 20.1 Å². The smallest absolute Gasteiger partial charge is 0.154 e. The summed E-state index contributed by atoms with van der Waals surface area (Å²) in [6, 6.07) is 2.16. The Kier molecular flexibility index (Phi) is 3.73. The molecule has 1 aliphatic rings. The molecular formula is C13H16BrN3OS. The molecule has 102 valence electrons. The Morgan fingerprint density at radius 1 is 1.37 bits per heavy atom. The number of aliphatic hydroxyl groups is 1. The first-order chi connectivity index (χ1) is 9.16. The number of thiophene rings is 1. The van der Waals surface area contributed by atoms with E-state index in [-0.39, 0.29) is 0 Å². The summed E-state index contributed by atoms with van der Waals surface area (Å²) in [7, 11) is 1.80. The maximum atomic E-state index is 10.5. The van der Waals surface area contributed by atoms with Crippen molar-refractivity contribution in [3.63, 3.8) is 0 Å². The van der Waals surface area contributed by atoms with Gasteiger partial charge < -0.3 is 5.11 Å². The Morgan fingerprint density at radius 2 is 2.16 bits per heavy atom. The van der Waals surface area contributed by atoms with Gasteiger partial charge in [0, 0.05) is 16.8 Å². The van der Waals surface area contributed by atoms with E-state index in [2.05, 4.69) is 32.3 Å². The molecule has 0 spiro atoms. The van der Waals surface area contributed by atoms with Crippen molar-refractivity contribution >= 4 is 27.3 Å². The van der Waals surface area contributed by atoms with Gasteiger partial charge in [0.2, 0.25) is 0 Å². The van der Waals surface area contributed by atoms with E-state index in [1.165, 1.54) is 29.7 Å². The Morgan fingerprint density at radius 3 is 2.89 bits per heavy atom. The third-order valence-corrected chi connectivity index (χ3v) is 5.48. The van der Waals surface area contributed by atoms with Crippen molar-refractivity contribution in [1.82, 2.24) is 15.0 Å². The summed E-state index contributed by atoms with van der Waals surface area (Å²) in [5.41, 5.74) is 2.14. The Bertz CT molecular complexity index is 550. The third-order valence-electron chi connectivity index (χ3n) is 3.62. The monoisotopic (exact) mass is 341 g/mol. The zero-order valence-corrected chi connectivity index (χ0v) is 13.2. The van der Waals surface area contributed by atoms with Crippen LogP contribution in [-0.2, 0) is 19.9 Å². The average molecular weight is 342 g/mol. The normalized spacial score (nSPS) is 17.0. The van der Waals surface area contributed by atoms with Crippen LogP contribution in [0, 0.1) is 0 Å². The molecule has 2 aromatic rings. The molecule has 19 heavy (non-hydrogen) atoms. The fourth-order valence-corrected chi connectivity index (χ4v) is 4.38. The predicted octanol–water partition coefficient (Wildman–Crippen LogP) is 2.99. The fraction of sp³-hybridized carbons (Fsp3) is 0.538. The summed E-state index contributed by atoms with van der Waals surface area (Å²) in [6.45, 7) is 0. The molecule has 0 saturated carbocycles. The number of nitrogens with zero attached hydrogens (tertiary/aromatic N) is 3. The second-order valence-electron chi connectivity index (χ2n) is 4.95. The van der Waals surface area contributed by atoms with Crippen molar-refractivity contribution in [2.75, 3.05) is 0 Å². The molecule has 0 aromatic carbocycles. The van der Waals surface area contributed by atoms with Crippen LogP contribution in [0.2, 0.25) is 0 Å². The summed E-state index contributed by atoms with van der Waals surface area (Å²) in [5, 5.41) is 18.4. The van der Waals surface area contributed by atoms with Crippen LogP contribution in [0.15, 0.2) is 10.7 Å². The van der Waals surface area contributed by atoms with Gasteiger partial charge in [0.25, 0.3) is 0 Å². The van der Waals surface area contributed by atoms with Gasteiger partial charge in [-0.15, -0.1) is 16.4 Å². The second-order valence-corrected chi connectivity index (χ2v) is 6.87. The fourth-order valence-electron chi connectivity index (χ4n) is 2.59. The highest BCUT2D eigenvalue weighted by atomic mass is 79.9. The van der Waals surface area contributed by atoms with Crippen molar-refractivity contribution in [2.24, 2.45) is 7.05 Å². The maximum Gasteiger partial charge on any atom is 0.154 e. The molecule has 0 bridgehead atoms. The lowest BCUT2D eigenvalue weighted by Gasteiger charge is -2.08. The minimum atomic E-state index is -0.647. The number of aliphatic hydroxyl groups excluding tert-OH is 1. The van der Waals surface area contributed by atoms with Crippen molar-refractivity contribution in [2.45, 2.75) is 38.2 Å². The molecule has 4 nitrogen and oxygen atoms in total. The summed E-state index contributed by atoms with van der Waals surface area (Å²) < 4.78 is 2.24. The number of hydrogen-bond donors (Lipinski definition) is 1. The highest BCUT2D eigenvalue weighted by Gasteiger charge is 2.23. The first kappa shape index (κ1) is 13.3. The van der Waals surface area contributed by atoms with Crippen LogP contribution in [0.3, 0.4) is 0 Å². The molecule has 2 heterocycles. The van der Waals surface area contributed by atoms with E-state index in [1.807, 2.05) is 0 Å². The molecule has 0 saturated heterocycles. The summed E-state index contributed by atoms with van der Waals surface area (Å²) >= 11 is 5.08. The minimum absolute atomic E-state index is 0.617. The molecule has 1 N–H and O–H groups in total. The Hall–Kier alpha value is -0.720. The van der Waals surface area contributed by atoms with E-state index in [1.54, 1.807) is 23.1 Å². The van der Waals surface area contributed by atoms with Crippen LogP contribution in [0.5, 0.6) is 0 Å². The average Bonchev–Trinajstić information content (AvgIpc) is 2.86. The van der Waals surface area contributed by atoms with Gasteiger partial charge in [0.1, 0.15) is 11.8 Å². The van der Waals surface area contributed by atoms with Gasteiger partial charge in [-0.3, -0.25) is 0 Å². The second kappa shape index (κ2) is 5.34. The number of fused-ring (bicyclic) bond motifs is 1. The van der Waals surface area contributed by atoms with Crippen molar-refractivity contribution in [3.8, 4) is 0 Å². The Balaban J connectivity index is 1.94. The van der Waals surface area contributed by atoms with Crippen LogP contribution in [0.4, 0.5) is 0 Å². The van der Waals surface area contributed by atoms with Gasteiger partial charge in [-0.1, -0.05) is 11.6 Å². The summed E-state index contributed by atoms with van der Waals surface area (Å²) in [6.07, 6.45) is 5.49. The molecule has 0 fully saturated rings. The minimum Gasteiger partial charge on any atom is -0.381 e. The molecule has 1 atom stereocenters. The van der Waals surface area contributed by atoms with Crippen molar-refractivity contribution in [3.05, 3.63) is 31.7 Å². The van der Waals surface area contributed by atoms with Crippen LogP contribution < -0.4 is 0 Å². The van der Waals surface area contributed by atoms with E-state index >= 15 is 0 Å². The molecular weight excluding hydrogens is 326 g/mol. The summed E-state index contributed by atoms with van der Waals surface area (Å²) in [5.74, 6) is 0. The number of halogens is 1. The van der Waals surface area contributed by atoms with E-state index in [0.29, 0.717) is 4.60 Å². The molecule has 6 heteroatoms. The van der Waals surface area contributed by atoms with E-state index in [0.717, 1.165) is 23.4 Å². The lowest BCUT2D eigenvalue weighted by molar-refractivity contribution is 0.212. The first-order valence-corrected chi connectivity index (χ1v) is 8.12. The number of aromatic nitrogens is 3. The lowest BCUT2D eigenvalue weighted by atomic mass is 10.1. The zero-order chi connectivity index (χ0) is 13.4. The van der Waals surface area contributed by atoms with Gasteiger partial charge in [-0.2, -0.15) is 0 Å². The van der Waals surface area contributed by atoms with Gasteiger partial charge in [0.05, 0.1) is 0 Å². The van der Waals surface area contributed by atoms with Gasteiger partial charge in [-0.25, -0.2) is 4.68 Å². The number of hydrogen-bond acceptors (Lipinski definition) is 4. The van der Waals surface area contributed by atoms with E-state index in [9.17, 15) is 5.11 Å². The maximum absolute atomic E-state index is 10.5. The standard InChI is InChI=1S/C13H16BrN3OS/c1-17-11(13(14)15-16-17)12(18)10-7-8-5-3-2-4-6-9(8)19-10/h7,12,18H,2-6H2,1H3. The topological polar surface area (TPSA) is 50.9 Å². The summed E-state index contributed by atoms with van der Waals surface area (Å²) in [4.78, 5) is 2.44. The molecule has 3 rings (SSSR count). The van der Waals surface area contributed by atoms with Gasteiger partial charge in [0.15, 0.2) is 4.60 Å². The lowest BCUT2D eigenvalue weighted by Crippen LogP contribution is -2.05. The van der Waals surface area contributed by atoms with Crippen LogP contribution in [0.25, 0.3) is 0 Å². The molecule has 1 aliphatic carbocycles. The highest BCUT2D eigenvalue weighted by molar-refractivity contribution is 9.10. The van der Waals surface area contributed by atoms with Gasteiger partial charge >= 0.3 is 0 Å². The van der Waals surface area contributed by atoms with Crippen molar-refractivity contribution in [1.29, 1.82) is 0 Å². The van der Waals surface area contributed by atoms with E-state index < -0.39 is 6.10 Å². The quantitative estimate of drug-likeness (QED) is 0.854. The van der Waals surface area contributed by atoms with E-state index in [4.69, 9.17) is 0 Å². The van der Waals surface area contributed by atoms with Crippen molar-refractivity contribution < 1.29 is 5.11 Å². The molecule has 0 amide bonds. The third kappa shape index (κ3) is 2.49. The molecule has 0 radical (unpaired) electrons. The molecule has 0 aliphatic heterocycles. The number of aryl methyl sites for hydroxylation is 3. The number of rotatable bonds is 2. The molecule has 2 aromatic heterocycles. The first-order valence-electron chi connectivity index (χ1n) is 6.51. The largest absolute Gasteiger partial charge is 0.381 e. The Labute approximate surface area is 124 Å². The predicted molar refractivity (Wildman–Crippen MR) is 78.3 cm³/mol. The van der Waals surface area contributed by atoms with Crippen LogP contribution >= 0.6 is 27.3 Å². The van der Waals surface area contributed by atoms with Crippen LogP contribution in [0.1, 0.15) is 46.4 Å². The van der Waals surface area contributed by atoms with Gasteiger partial charge in [-0.05, 0) is 53.2 Å². The zero-order valence-electron chi connectivity index (χ0n) is 10.8. The molecule has 1 unspecified atom stereocenters.